The van der Waals surface area contributed by atoms with E-state index < -0.39 is 11.8 Å². The molecule has 5 heteroatoms. The van der Waals surface area contributed by atoms with Crippen molar-refractivity contribution in [3.8, 4) is 5.75 Å². The zero-order valence-corrected chi connectivity index (χ0v) is 14.2. The molecule has 0 saturated heterocycles. The van der Waals surface area contributed by atoms with Crippen LogP contribution in [0.1, 0.15) is 30.9 Å². The fraction of sp³-hybridized carbons (Fsp3) is 0.238. The van der Waals surface area contributed by atoms with Gasteiger partial charge in [-0.1, -0.05) is 61.5 Å². The summed E-state index contributed by atoms with van der Waals surface area (Å²) in [7, 11) is 0. The monoisotopic (exact) mass is 362 g/mol. The lowest BCUT2D eigenvalue weighted by atomic mass is 9.71. The van der Waals surface area contributed by atoms with Crippen molar-refractivity contribution >= 4 is 5.57 Å². The number of alkyl halides is 3. The number of rotatable bonds is 4. The molecular formula is C21H18F4O. The Kier molecular flexibility index (Phi) is 4.90. The van der Waals surface area contributed by atoms with E-state index in [2.05, 4.69) is 4.74 Å². The van der Waals surface area contributed by atoms with E-state index in [1.165, 1.54) is 12.1 Å². The largest absolute Gasteiger partial charge is 0.573 e. The molecule has 1 unspecified atom stereocenters. The Balaban J connectivity index is 1.88. The van der Waals surface area contributed by atoms with Gasteiger partial charge >= 0.3 is 6.36 Å². The van der Waals surface area contributed by atoms with Gasteiger partial charge in [-0.2, -0.15) is 0 Å². The van der Waals surface area contributed by atoms with Crippen molar-refractivity contribution in [3.05, 3.63) is 83.7 Å². The maximum atomic E-state index is 14.9. The first kappa shape index (κ1) is 18.2. The Hall–Kier alpha value is -2.56. The summed E-state index contributed by atoms with van der Waals surface area (Å²) < 4.78 is 55.7. The van der Waals surface area contributed by atoms with Gasteiger partial charge in [0.05, 0.1) is 0 Å². The Morgan fingerprint density at radius 1 is 1.00 bits per heavy atom. The molecule has 0 aliphatic heterocycles. The predicted molar refractivity (Wildman–Crippen MR) is 93.3 cm³/mol. The van der Waals surface area contributed by atoms with Crippen LogP contribution in [0.4, 0.5) is 17.6 Å². The van der Waals surface area contributed by atoms with Gasteiger partial charge in [-0.25, -0.2) is 4.39 Å². The van der Waals surface area contributed by atoms with Crippen LogP contribution >= 0.6 is 0 Å². The van der Waals surface area contributed by atoms with Crippen molar-refractivity contribution in [1.82, 2.24) is 0 Å². The lowest BCUT2D eigenvalue weighted by molar-refractivity contribution is -0.274. The van der Waals surface area contributed by atoms with Crippen LogP contribution in [-0.4, -0.2) is 6.36 Å². The molecule has 136 valence electrons. The van der Waals surface area contributed by atoms with Gasteiger partial charge in [0.25, 0.3) is 0 Å². The van der Waals surface area contributed by atoms with Gasteiger partial charge in [0, 0.05) is 17.4 Å². The summed E-state index contributed by atoms with van der Waals surface area (Å²) in [4.78, 5) is 0. The number of ether oxygens (including phenoxy) is 1. The van der Waals surface area contributed by atoms with E-state index in [-0.39, 0.29) is 18.0 Å². The first-order chi connectivity index (χ1) is 12.3. The summed E-state index contributed by atoms with van der Waals surface area (Å²) in [5.41, 5.74) is 1.53. The van der Waals surface area contributed by atoms with Crippen LogP contribution in [0.15, 0.2) is 72.6 Å². The van der Waals surface area contributed by atoms with E-state index in [0.29, 0.717) is 12.0 Å². The number of hydrogen-bond donors (Lipinski definition) is 0. The topological polar surface area (TPSA) is 9.23 Å². The highest BCUT2D eigenvalue weighted by atomic mass is 19.4. The van der Waals surface area contributed by atoms with E-state index in [1.807, 2.05) is 43.3 Å². The molecule has 0 amide bonds. The summed E-state index contributed by atoms with van der Waals surface area (Å²) in [6, 6.07) is 14.9. The van der Waals surface area contributed by atoms with Crippen LogP contribution in [0.25, 0.3) is 5.57 Å². The van der Waals surface area contributed by atoms with Gasteiger partial charge in [-0.3, -0.25) is 0 Å². The lowest BCUT2D eigenvalue weighted by Crippen LogP contribution is -2.25. The molecule has 0 N–H and O–H groups in total. The number of allylic oxidation sites excluding steroid dienone is 4. The van der Waals surface area contributed by atoms with Gasteiger partial charge < -0.3 is 4.74 Å². The normalized spacial score (nSPS) is 20.3. The van der Waals surface area contributed by atoms with Crippen molar-refractivity contribution in [1.29, 1.82) is 0 Å². The maximum Gasteiger partial charge on any atom is 0.573 e. The number of halogens is 4. The van der Waals surface area contributed by atoms with Crippen LogP contribution < -0.4 is 4.74 Å². The van der Waals surface area contributed by atoms with Gasteiger partial charge in [-0.05, 0) is 29.7 Å². The second-order valence-electron chi connectivity index (χ2n) is 6.28. The fourth-order valence-corrected chi connectivity index (χ4v) is 3.27. The van der Waals surface area contributed by atoms with E-state index >= 15 is 0 Å². The van der Waals surface area contributed by atoms with Gasteiger partial charge in [0.2, 0.25) is 0 Å². The van der Waals surface area contributed by atoms with Gasteiger partial charge in [-0.15, -0.1) is 13.2 Å². The van der Waals surface area contributed by atoms with E-state index in [1.54, 1.807) is 18.2 Å². The predicted octanol–water partition coefficient (Wildman–Crippen LogP) is 6.57. The molecule has 2 aromatic carbocycles. The Labute approximate surface area is 149 Å². The van der Waals surface area contributed by atoms with Gasteiger partial charge in [0.15, 0.2) is 0 Å². The number of hydrogen-bond acceptors (Lipinski definition) is 1. The second-order valence-corrected chi connectivity index (χ2v) is 6.28. The molecule has 0 spiro atoms. The Morgan fingerprint density at radius 2 is 1.65 bits per heavy atom. The highest BCUT2D eigenvalue weighted by Crippen LogP contribution is 2.43. The number of benzene rings is 2. The summed E-state index contributed by atoms with van der Waals surface area (Å²) >= 11 is 0. The third-order valence-electron chi connectivity index (χ3n) is 4.71. The Bertz CT molecular complexity index is 819. The average molecular weight is 362 g/mol. The third kappa shape index (κ3) is 3.82. The van der Waals surface area contributed by atoms with Crippen molar-refractivity contribution in [2.75, 3.05) is 0 Å². The zero-order chi connectivity index (χ0) is 18.8. The molecule has 26 heavy (non-hydrogen) atoms. The molecule has 3 rings (SSSR count). The van der Waals surface area contributed by atoms with Crippen LogP contribution in [0.5, 0.6) is 5.75 Å². The van der Waals surface area contributed by atoms with E-state index in [0.717, 1.165) is 11.1 Å². The standard InChI is InChI=1S/C21H18F4O/c1-2-20(16-8-10-17(11-9-16)26-21(23,24)25)13-12-18(19(22)14-20)15-6-4-3-5-7-15/h3-13H,2,14H2,1H3. The minimum absolute atomic E-state index is 0.170. The van der Waals surface area contributed by atoms with Crippen molar-refractivity contribution in [2.45, 2.75) is 31.5 Å². The summed E-state index contributed by atoms with van der Waals surface area (Å²) in [5.74, 6) is -0.510. The average Bonchev–Trinajstić information content (AvgIpc) is 2.61. The molecule has 0 bridgehead atoms. The molecule has 0 radical (unpaired) electrons. The van der Waals surface area contributed by atoms with Crippen molar-refractivity contribution in [3.63, 3.8) is 0 Å². The molecule has 0 aromatic heterocycles. The molecule has 1 aliphatic carbocycles. The summed E-state index contributed by atoms with van der Waals surface area (Å²) in [5, 5.41) is 0. The molecule has 0 fully saturated rings. The van der Waals surface area contributed by atoms with Crippen LogP contribution in [0.3, 0.4) is 0 Å². The minimum Gasteiger partial charge on any atom is -0.406 e. The fourth-order valence-electron chi connectivity index (χ4n) is 3.27. The molecule has 1 atom stereocenters. The van der Waals surface area contributed by atoms with Crippen molar-refractivity contribution < 1.29 is 22.3 Å². The molecule has 0 saturated carbocycles. The van der Waals surface area contributed by atoms with Gasteiger partial charge in [0.1, 0.15) is 11.6 Å². The van der Waals surface area contributed by atoms with Crippen LogP contribution in [-0.2, 0) is 5.41 Å². The highest BCUT2D eigenvalue weighted by molar-refractivity contribution is 5.77. The van der Waals surface area contributed by atoms with E-state index in [4.69, 9.17) is 0 Å². The smallest absolute Gasteiger partial charge is 0.406 e. The van der Waals surface area contributed by atoms with E-state index in [9.17, 15) is 17.6 Å². The zero-order valence-electron chi connectivity index (χ0n) is 14.2. The first-order valence-corrected chi connectivity index (χ1v) is 8.32. The SMILES string of the molecule is CCC1(c2ccc(OC(F)(F)F)cc2)C=CC(c2ccccc2)=C(F)C1. The Morgan fingerprint density at radius 3 is 2.19 bits per heavy atom. The second kappa shape index (κ2) is 6.98. The summed E-state index contributed by atoms with van der Waals surface area (Å²) in [6.07, 6.45) is -0.230. The molecule has 0 heterocycles. The minimum atomic E-state index is -4.73. The molecular weight excluding hydrogens is 344 g/mol. The lowest BCUT2D eigenvalue weighted by Gasteiger charge is -2.33. The molecule has 2 aromatic rings. The highest BCUT2D eigenvalue weighted by Gasteiger charge is 2.34. The first-order valence-electron chi connectivity index (χ1n) is 8.32. The maximum absolute atomic E-state index is 14.9. The molecule has 1 nitrogen and oxygen atoms in total. The van der Waals surface area contributed by atoms with Crippen LogP contribution in [0, 0.1) is 0 Å². The quantitative estimate of drug-likeness (QED) is 0.559. The van der Waals surface area contributed by atoms with Crippen molar-refractivity contribution in [2.24, 2.45) is 0 Å². The molecule has 1 aliphatic rings. The van der Waals surface area contributed by atoms with Crippen LogP contribution in [0.2, 0.25) is 0 Å². The third-order valence-corrected chi connectivity index (χ3v) is 4.71. The summed E-state index contributed by atoms with van der Waals surface area (Å²) in [6.45, 7) is 1.94.